The number of rotatable bonds is 1. The van der Waals surface area contributed by atoms with Gasteiger partial charge in [-0.3, -0.25) is 4.98 Å². The summed E-state index contributed by atoms with van der Waals surface area (Å²) in [5, 5.41) is 0. The minimum atomic E-state index is 0.962. The Morgan fingerprint density at radius 1 is 1.06 bits per heavy atom. The molecule has 0 saturated heterocycles. The van der Waals surface area contributed by atoms with Gasteiger partial charge in [0.15, 0.2) is 0 Å². The molecule has 0 atom stereocenters. The first-order valence-corrected chi connectivity index (χ1v) is 6.32. The Labute approximate surface area is 96.6 Å². The first-order chi connectivity index (χ1) is 7.84. The summed E-state index contributed by atoms with van der Waals surface area (Å²) in [6, 6.07) is 2.08. The lowest BCUT2D eigenvalue weighted by Crippen LogP contribution is -2.02. The highest BCUT2D eigenvalue weighted by atomic mass is 14.8. The Morgan fingerprint density at radius 3 is 2.81 bits per heavy atom. The number of aromatic nitrogens is 1. The van der Waals surface area contributed by atoms with Crippen LogP contribution in [0.15, 0.2) is 12.1 Å². The van der Waals surface area contributed by atoms with E-state index in [2.05, 4.69) is 12.1 Å². The van der Waals surface area contributed by atoms with Gasteiger partial charge in [0, 0.05) is 11.4 Å². The highest BCUT2D eigenvalue weighted by Crippen LogP contribution is 2.31. The molecule has 2 aliphatic rings. The number of anilines is 1. The third-order valence-corrected chi connectivity index (χ3v) is 3.70. The summed E-state index contributed by atoms with van der Waals surface area (Å²) >= 11 is 0. The topological polar surface area (TPSA) is 38.9 Å². The Bertz CT molecular complexity index is 446. The van der Waals surface area contributed by atoms with E-state index in [1.165, 1.54) is 48.9 Å². The van der Waals surface area contributed by atoms with Gasteiger partial charge < -0.3 is 5.73 Å². The second kappa shape index (κ2) is 3.93. The summed E-state index contributed by atoms with van der Waals surface area (Å²) in [4.78, 5) is 4.79. The zero-order valence-electron chi connectivity index (χ0n) is 9.63. The predicted octanol–water partition coefficient (Wildman–Crippen LogP) is 3.11. The highest BCUT2D eigenvalue weighted by Gasteiger charge is 2.18. The largest absolute Gasteiger partial charge is 0.398 e. The van der Waals surface area contributed by atoms with Crippen molar-refractivity contribution in [2.75, 3.05) is 5.73 Å². The number of hydrogen-bond acceptors (Lipinski definition) is 2. The molecule has 0 bridgehead atoms. The first-order valence-electron chi connectivity index (χ1n) is 6.32. The van der Waals surface area contributed by atoms with Crippen LogP contribution in [-0.2, 0) is 12.8 Å². The molecule has 0 radical (unpaired) electrons. The Hall–Kier alpha value is -1.31. The van der Waals surface area contributed by atoms with Crippen LogP contribution in [0.3, 0.4) is 0 Å². The van der Waals surface area contributed by atoms with Crippen LogP contribution in [0.2, 0.25) is 0 Å². The molecule has 3 rings (SSSR count). The monoisotopic (exact) mass is 214 g/mol. The number of nitrogens with two attached hydrogens (primary N) is 1. The third-order valence-electron chi connectivity index (χ3n) is 3.70. The number of fused-ring (bicyclic) bond motifs is 1. The van der Waals surface area contributed by atoms with E-state index in [9.17, 15) is 0 Å². The molecule has 0 spiro atoms. The number of allylic oxidation sites excluding steroid dienone is 2. The summed E-state index contributed by atoms with van der Waals surface area (Å²) in [7, 11) is 0. The summed E-state index contributed by atoms with van der Waals surface area (Å²) in [6.07, 6.45) is 10.8. The van der Waals surface area contributed by atoms with Crippen molar-refractivity contribution >= 4 is 11.3 Å². The van der Waals surface area contributed by atoms with Crippen LogP contribution in [-0.4, -0.2) is 4.98 Å². The van der Waals surface area contributed by atoms with Gasteiger partial charge in [0.1, 0.15) is 0 Å². The summed E-state index contributed by atoms with van der Waals surface area (Å²) in [6.45, 7) is 0. The van der Waals surface area contributed by atoms with Crippen LogP contribution in [0.4, 0.5) is 5.69 Å². The molecule has 0 fully saturated rings. The fourth-order valence-corrected chi connectivity index (χ4v) is 2.81. The number of nitrogens with zero attached hydrogens (tertiary/aromatic N) is 1. The maximum atomic E-state index is 6.11. The molecular formula is C14H18N2. The molecule has 0 aromatic carbocycles. The third kappa shape index (κ3) is 1.62. The minimum Gasteiger partial charge on any atom is -0.398 e. The lowest BCUT2D eigenvalue weighted by atomic mass is 9.96. The average molecular weight is 214 g/mol. The second-order valence-corrected chi connectivity index (χ2v) is 4.85. The van der Waals surface area contributed by atoms with E-state index in [1.807, 2.05) is 0 Å². The number of aryl methyl sites for hydroxylation is 1. The van der Waals surface area contributed by atoms with Crippen molar-refractivity contribution < 1.29 is 0 Å². The Morgan fingerprint density at radius 2 is 2.00 bits per heavy atom. The summed E-state index contributed by atoms with van der Waals surface area (Å²) < 4.78 is 0. The van der Waals surface area contributed by atoms with E-state index >= 15 is 0 Å². The van der Waals surface area contributed by atoms with Gasteiger partial charge in [-0.05, 0) is 62.1 Å². The summed E-state index contributed by atoms with van der Waals surface area (Å²) in [5.74, 6) is 0. The van der Waals surface area contributed by atoms with Crippen molar-refractivity contribution in [3.05, 3.63) is 29.1 Å². The molecule has 0 amide bonds. The molecule has 0 saturated carbocycles. The molecule has 0 aliphatic heterocycles. The van der Waals surface area contributed by atoms with Gasteiger partial charge in [0.25, 0.3) is 0 Å². The van der Waals surface area contributed by atoms with Crippen LogP contribution in [0.1, 0.15) is 49.1 Å². The smallest absolute Gasteiger partial charge is 0.0682 e. The molecule has 1 aromatic heterocycles. The maximum Gasteiger partial charge on any atom is 0.0682 e. The zero-order chi connectivity index (χ0) is 11.0. The van der Waals surface area contributed by atoms with Crippen molar-refractivity contribution in [2.45, 2.75) is 44.9 Å². The molecule has 1 aromatic rings. The minimum absolute atomic E-state index is 0.962. The molecule has 16 heavy (non-hydrogen) atoms. The molecule has 2 N–H and O–H groups in total. The van der Waals surface area contributed by atoms with Gasteiger partial charge in [0.2, 0.25) is 0 Å². The van der Waals surface area contributed by atoms with Crippen LogP contribution in [0.5, 0.6) is 0 Å². The van der Waals surface area contributed by atoms with Crippen molar-refractivity contribution in [2.24, 2.45) is 0 Å². The Balaban J connectivity index is 2.02. The van der Waals surface area contributed by atoms with Crippen LogP contribution in [0, 0.1) is 0 Å². The average Bonchev–Trinajstić information content (AvgIpc) is 2.79. The molecular weight excluding hydrogens is 196 g/mol. The fourth-order valence-electron chi connectivity index (χ4n) is 2.81. The van der Waals surface area contributed by atoms with E-state index in [0.717, 1.165) is 24.2 Å². The molecule has 1 heterocycles. The maximum absolute atomic E-state index is 6.11. The fraction of sp³-hybridized carbons (Fsp3) is 0.500. The van der Waals surface area contributed by atoms with Gasteiger partial charge in [-0.15, -0.1) is 0 Å². The first kappa shape index (κ1) is 9.88. The van der Waals surface area contributed by atoms with E-state index in [4.69, 9.17) is 10.7 Å². The Kier molecular flexibility index (Phi) is 2.43. The van der Waals surface area contributed by atoms with Gasteiger partial charge in [-0.25, -0.2) is 0 Å². The van der Waals surface area contributed by atoms with E-state index in [-0.39, 0.29) is 0 Å². The van der Waals surface area contributed by atoms with E-state index in [1.54, 1.807) is 0 Å². The standard InChI is InChI=1S/C14H18N2/c15-12-9-14(10-5-2-1-3-6-10)16-13-8-4-7-11(12)13/h5,9H,1-4,6-8H2,(H2,15,16). The molecule has 84 valence electrons. The lowest BCUT2D eigenvalue weighted by molar-refractivity contribution is 0.739. The highest BCUT2D eigenvalue weighted by molar-refractivity contribution is 5.68. The zero-order valence-corrected chi connectivity index (χ0v) is 9.63. The second-order valence-electron chi connectivity index (χ2n) is 4.85. The van der Waals surface area contributed by atoms with E-state index < -0.39 is 0 Å². The number of nitrogen functional groups attached to an aromatic ring is 1. The summed E-state index contributed by atoms with van der Waals surface area (Å²) in [5.41, 5.74) is 12.2. The van der Waals surface area contributed by atoms with Gasteiger partial charge in [0.05, 0.1) is 5.69 Å². The van der Waals surface area contributed by atoms with Gasteiger partial charge >= 0.3 is 0 Å². The number of pyridine rings is 1. The SMILES string of the molecule is Nc1cc(C2=CCCCC2)nc2c1CCC2. The van der Waals surface area contributed by atoms with E-state index in [0.29, 0.717) is 0 Å². The molecule has 2 nitrogen and oxygen atoms in total. The van der Waals surface area contributed by atoms with Crippen LogP contribution >= 0.6 is 0 Å². The molecule has 2 heteroatoms. The molecule has 2 aliphatic carbocycles. The normalized spacial score (nSPS) is 19.4. The quantitative estimate of drug-likeness (QED) is 0.780. The van der Waals surface area contributed by atoms with Crippen molar-refractivity contribution in [3.8, 4) is 0 Å². The lowest BCUT2D eigenvalue weighted by Gasteiger charge is -2.14. The number of hydrogen-bond donors (Lipinski definition) is 1. The van der Waals surface area contributed by atoms with Gasteiger partial charge in [-0.1, -0.05) is 6.08 Å². The molecule has 0 unspecified atom stereocenters. The van der Waals surface area contributed by atoms with Crippen LogP contribution < -0.4 is 5.73 Å². The van der Waals surface area contributed by atoms with Gasteiger partial charge in [-0.2, -0.15) is 0 Å². The van der Waals surface area contributed by atoms with Crippen molar-refractivity contribution in [1.29, 1.82) is 0 Å². The van der Waals surface area contributed by atoms with Crippen LogP contribution in [0.25, 0.3) is 5.57 Å². The predicted molar refractivity (Wildman–Crippen MR) is 67.1 cm³/mol. The van der Waals surface area contributed by atoms with Crippen molar-refractivity contribution in [3.63, 3.8) is 0 Å². The van der Waals surface area contributed by atoms with Crippen molar-refractivity contribution in [1.82, 2.24) is 4.98 Å².